The standard InChI is InChI=1S/C10H7BrFN3O/c11-8-2-1-7(5-9(8)12)14-10(16)15-4-3-13-6-15/h1-6H,(H,14,16). The summed E-state index contributed by atoms with van der Waals surface area (Å²) in [5.41, 5.74) is 0.388. The minimum absolute atomic E-state index is 0.355. The van der Waals surface area contributed by atoms with Gasteiger partial charge in [-0.15, -0.1) is 0 Å². The van der Waals surface area contributed by atoms with Gasteiger partial charge in [-0.2, -0.15) is 0 Å². The predicted molar refractivity (Wildman–Crippen MR) is 60.7 cm³/mol. The molecule has 82 valence electrons. The van der Waals surface area contributed by atoms with Crippen LogP contribution in [0.5, 0.6) is 0 Å². The Labute approximate surface area is 99.2 Å². The Morgan fingerprint density at radius 3 is 2.94 bits per heavy atom. The van der Waals surface area contributed by atoms with Crippen molar-refractivity contribution in [2.75, 3.05) is 5.32 Å². The van der Waals surface area contributed by atoms with Gasteiger partial charge in [0, 0.05) is 18.1 Å². The van der Waals surface area contributed by atoms with Crippen molar-refractivity contribution in [1.29, 1.82) is 0 Å². The SMILES string of the molecule is O=C(Nc1ccc(Br)c(F)c1)n1ccnc1. The smallest absolute Gasteiger partial charge is 0.307 e. The highest BCUT2D eigenvalue weighted by Crippen LogP contribution is 2.19. The monoisotopic (exact) mass is 283 g/mol. The lowest BCUT2D eigenvalue weighted by molar-refractivity contribution is 0.253. The molecule has 0 saturated carbocycles. The number of halogens is 2. The number of hydrogen-bond donors (Lipinski definition) is 1. The van der Waals surface area contributed by atoms with E-state index in [1.165, 1.54) is 35.4 Å². The van der Waals surface area contributed by atoms with E-state index in [-0.39, 0.29) is 6.03 Å². The van der Waals surface area contributed by atoms with Gasteiger partial charge in [-0.25, -0.2) is 14.2 Å². The first-order valence-electron chi connectivity index (χ1n) is 4.41. The van der Waals surface area contributed by atoms with Crippen LogP contribution in [0.4, 0.5) is 14.9 Å². The summed E-state index contributed by atoms with van der Waals surface area (Å²) in [4.78, 5) is 15.3. The van der Waals surface area contributed by atoms with Crippen molar-refractivity contribution in [3.05, 3.63) is 47.2 Å². The van der Waals surface area contributed by atoms with Crippen LogP contribution in [0, 0.1) is 5.82 Å². The zero-order valence-electron chi connectivity index (χ0n) is 8.02. The maximum atomic E-state index is 13.2. The summed E-state index contributed by atoms with van der Waals surface area (Å²) < 4.78 is 14.8. The molecule has 1 aromatic heterocycles. The van der Waals surface area contributed by atoms with Crippen molar-refractivity contribution in [2.24, 2.45) is 0 Å². The van der Waals surface area contributed by atoms with Gasteiger partial charge in [0.1, 0.15) is 12.1 Å². The average molecular weight is 284 g/mol. The molecule has 0 aliphatic heterocycles. The normalized spacial score (nSPS) is 10.1. The number of imidazole rings is 1. The minimum Gasteiger partial charge on any atom is -0.307 e. The molecule has 0 fully saturated rings. The van der Waals surface area contributed by atoms with Gasteiger partial charge in [-0.3, -0.25) is 4.57 Å². The fourth-order valence-corrected chi connectivity index (χ4v) is 1.39. The van der Waals surface area contributed by atoms with Gasteiger partial charge in [0.15, 0.2) is 0 Å². The van der Waals surface area contributed by atoms with Crippen molar-refractivity contribution in [3.63, 3.8) is 0 Å². The van der Waals surface area contributed by atoms with E-state index in [0.717, 1.165) is 0 Å². The molecule has 2 rings (SSSR count). The molecule has 1 N–H and O–H groups in total. The molecule has 4 nitrogen and oxygen atoms in total. The summed E-state index contributed by atoms with van der Waals surface area (Å²) in [5.74, 6) is -0.427. The Morgan fingerprint density at radius 2 is 2.31 bits per heavy atom. The number of hydrogen-bond acceptors (Lipinski definition) is 2. The quantitative estimate of drug-likeness (QED) is 0.875. The van der Waals surface area contributed by atoms with E-state index < -0.39 is 5.82 Å². The molecular formula is C10H7BrFN3O. The van der Waals surface area contributed by atoms with Gasteiger partial charge in [-0.05, 0) is 34.1 Å². The van der Waals surface area contributed by atoms with E-state index in [2.05, 4.69) is 26.2 Å². The molecule has 0 unspecified atom stereocenters. The molecule has 0 atom stereocenters. The second-order valence-corrected chi connectivity index (χ2v) is 3.88. The van der Waals surface area contributed by atoms with E-state index in [1.54, 1.807) is 6.07 Å². The highest BCUT2D eigenvalue weighted by atomic mass is 79.9. The number of nitrogens with one attached hydrogen (secondary N) is 1. The van der Waals surface area contributed by atoms with Crippen molar-refractivity contribution >= 4 is 27.6 Å². The second kappa shape index (κ2) is 4.44. The van der Waals surface area contributed by atoms with Crippen LogP contribution in [0.2, 0.25) is 0 Å². The summed E-state index contributed by atoms with van der Waals surface area (Å²) >= 11 is 3.03. The Balaban J connectivity index is 2.15. The third-order valence-electron chi connectivity index (χ3n) is 1.91. The average Bonchev–Trinajstić information content (AvgIpc) is 2.77. The molecule has 2 aromatic rings. The van der Waals surface area contributed by atoms with E-state index in [9.17, 15) is 9.18 Å². The predicted octanol–water partition coefficient (Wildman–Crippen LogP) is 2.86. The van der Waals surface area contributed by atoms with Crippen LogP contribution in [0.25, 0.3) is 0 Å². The number of nitrogens with zero attached hydrogens (tertiary/aromatic N) is 2. The third-order valence-corrected chi connectivity index (χ3v) is 2.55. The molecule has 0 spiro atoms. The van der Waals surface area contributed by atoms with Gasteiger partial charge >= 0.3 is 6.03 Å². The Bertz CT molecular complexity index is 513. The Morgan fingerprint density at radius 1 is 1.50 bits per heavy atom. The van der Waals surface area contributed by atoms with Crippen LogP contribution in [-0.2, 0) is 0 Å². The van der Waals surface area contributed by atoms with E-state index in [4.69, 9.17) is 0 Å². The van der Waals surface area contributed by atoms with Gasteiger partial charge in [0.2, 0.25) is 0 Å². The van der Waals surface area contributed by atoms with Crippen LogP contribution < -0.4 is 5.32 Å². The number of amides is 1. The largest absolute Gasteiger partial charge is 0.331 e. The topological polar surface area (TPSA) is 46.9 Å². The molecule has 1 heterocycles. The fraction of sp³-hybridized carbons (Fsp3) is 0. The first kappa shape index (κ1) is 10.8. The van der Waals surface area contributed by atoms with Crippen molar-refractivity contribution in [1.82, 2.24) is 9.55 Å². The highest BCUT2D eigenvalue weighted by Gasteiger charge is 2.05. The van der Waals surface area contributed by atoms with Crippen LogP contribution in [-0.4, -0.2) is 15.6 Å². The molecule has 0 radical (unpaired) electrons. The number of carbonyl (C=O) groups excluding carboxylic acids is 1. The molecule has 1 aromatic carbocycles. The lowest BCUT2D eigenvalue weighted by Gasteiger charge is -2.05. The van der Waals surface area contributed by atoms with E-state index in [1.807, 2.05) is 0 Å². The lowest BCUT2D eigenvalue weighted by atomic mass is 10.3. The van der Waals surface area contributed by atoms with Crippen LogP contribution in [0.3, 0.4) is 0 Å². The lowest BCUT2D eigenvalue weighted by Crippen LogP contribution is -2.17. The molecule has 1 amide bonds. The van der Waals surface area contributed by atoms with E-state index in [0.29, 0.717) is 10.2 Å². The molecular weight excluding hydrogens is 277 g/mol. The highest BCUT2D eigenvalue weighted by molar-refractivity contribution is 9.10. The maximum Gasteiger partial charge on any atom is 0.331 e. The zero-order valence-corrected chi connectivity index (χ0v) is 9.61. The Kier molecular flexibility index (Phi) is 3.00. The molecule has 0 aliphatic rings. The summed E-state index contributed by atoms with van der Waals surface area (Å²) in [6.07, 6.45) is 4.36. The maximum absolute atomic E-state index is 13.2. The van der Waals surface area contributed by atoms with Crippen molar-refractivity contribution in [3.8, 4) is 0 Å². The van der Waals surface area contributed by atoms with Crippen molar-refractivity contribution in [2.45, 2.75) is 0 Å². The minimum atomic E-state index is -0.427. The number of anilines is 1. The van der Waals surface area contributed by atoms with Gasteiger partial charge < -0.3 is 5.32 Å². The molecule has 16 heavy (non-hydrogen) atoms. The number of aromatic nitrogens is 2. The first-order chi connectivity index (χ1) is 7.66. The van der Waals surface area contributed by atoms with Crippen LogP contribution >= 0.6 is 15.9 Å². The zero-order chi connectivity index (χ0) is 11.5. The summed E-state index contributed by atoms with van der Waals surface area (Å²) in [6.45, 7) is 0. The summed E-state index contributed by atoms with van der Waals surface area (Å²) in [6, 6.07) is 3.97. The van der Waals surface area contributed by atoms with Crippen LogP contribution in [0.15, 0.2) is 41.4 Å². The summed E-state index contributed by atoms with van der Waals surface area (Å²) in [7, 11) is 0. The van der Waals surface area contributed by atoms with Gasteiger partial charge in [-0.1, -0.05) is 0 Å². The molecule has 0 aliphatic carbocycles. The fourth-order valence-electron chi connectivity index (χ4n) is 1.14. The van der Waals surface area contributed by atoms with Gasteiger partial charge in [0.05, 0.1) is 4.47 Å². The number of carbonyl (C=O) groups is 1. The molecule has 0 saturated heterocycles. The summed E-state index contributed by atoms with van der Waals surface area (Å²) in [5, 5.41) is 2.54. The molecule has 0 bridgehead atoms. The molecule has 6 heteroatoms. The number of benzene rings is 1. The number of rotatable bonds is 1. The van der Waals surface area contributed by atoms with E-state index >= 15 is 0 Å². The Hall–Kier alpha value is -1.69. The van der Waals surface area contributed by atoms with Crippen LogP contribution in [0.1, 0.15) is 0 Å². The van der Waals surface area contributed by atoms with Gasteiger partial charge in [0.25, 0.3) is 0 Å². The second-order valence-electron chi connectivity index (χ2n) is 3.03. The third kappa shape index (κ3) is 2.27. The first-order valence-corrected chi connectivity index (χ1v) is 5.20. The van der Waals surface area contributed by atoms with Crippen molar-refractivity contribution < 1.29 is 9.18 Å².